The summed E-state index contributed by atoms with van der Waals surface area (Å²) in [4.78, 5) is 12.8. The molecule has 0 aliphatic carbocycles. The maximum absolute atomic E-state index is 13.2. The minimum absolute atomic E-state index is 0.162. The average Bonchev–Trinajstić information content (AvgIpc) is 3.08. The lowest BCUT2D eigenvalue weighted by molar-refractivity contribution is 0.101. The van der Waals surface area contributed by atoms with Crippen molar-refractivity contribution in [1.29, 1.82) is 0 Å². The van der Waals surface area contributed by atoms with E-state index in [1.54, 1.807) is 30.3 Å². The zero-order valence-corrected chi connectivity index (χ0v) is 17.9. The molecule has 0 fully saturated rings. The number of ether oxygens (including phenoxy) is 3. The van der Waals surface area contributed by atoms with Crippen LogP contribution in [-0.2, 0) is 6.61 Å². The number of fused-ring (bicyclic) bond motifs is 2. The van der Waals surface area contributed by atoms with Crippen molar-refractivity contribution in [3.63, 3.8) is 0 Å². The van der Waals surface area contributed by atoms with Crippen LogP contribution >= 0.6 is 11.6 Å². The molecule has 32 heavy (non-hydrogen) atoms. The highest BCUT2D eigenvalue weighted by Gasteiger charge is 2.29. The zero-order chi connectivity index (χ0) is 22.2. The molecular weight excluding hydrogens is 431 g/mol. The molecule has 0 radical (unpaired) electrons. The lowest BCUT2D eigenvalue weighted by Crippen LogP contribution is -2.18. The molecule has 0 unspecified atom stereocenters. The van der Waals surface area contributed by atoms with Gasteiger partial charge in [0.05, 0.1) is 10.6 Å². The van der Waals surface area contributed by atoms with E-state index in [0.29, 0.717) is 27.6 Å². The number of hydrogen-bond donors (Lipinski definition) is 0. The number of para-hydroxylation sites is 1. The summed E-state index contributed by atoms with van der Waals surface area (Å²) in [6.45, 7) is 2.09. The summed E-state index contributed by atoms with van der Waals surface area (Å²) in [7, 11) is 0. The Morgan fingerprint density at radius 3 is 2.78 bits per heavy atom. The summed E-state index contributed by atoms with van der Waals surface area (Å²) < 4.78 is 30.8. The third-order valence-corrected chi connectivity index (χ3v) is 5.71. The van der Waals surface area contributed by atoms with Crippen LogP contribution in [0.5, 0.6) is 17.2 Å². The van der Waals surface area contributed by atoms with Gasteiger partial charge in [-0.2, -0.15) is 0 Å². The summed E-state index contributed by atoms with van der Waals surface area (Å²) >= 11 is 6.05. The minimum Gasteiger partial charge on any atom is -0.489 e. The van der Waals surface area contributed by atoms with Crippen molar-refractivity contribution in [2.45, 2.75) is 19.6 Å². The number of ketones is 1. The number of Topliss-reactive ketones (excluding diaryl/α,β-unsaturated/α-hetero) is 1. The smallest absolute Gasteiger partial charge is 0.231 e. The lowest BCUT2D eigenvalue weighted by atomic mass is 10.0. The minimum atomic E-state index is -0.404. The number of carbonyl (C=O) groups excluding carboxylic acids is 1. The maximum Gasteiger partial charge on any atom is 0.231 e. The van der Waals surface area contributed by atoms with Crippen molar-refractivity contribution in [3.8, 4) is 17.2 Å². The molecule has 0 amide bonds. The van der Waals surface area contributed by atoms with E-state index in [-0.39, 0.29) is 24.3 Å². The Labute approximate surface area is 189 Å². The van der Waals surface area contributed by atoms with Gasteiger partial charge in [0.15, 0.2) is 5.76 Å². The van der Waals surface area contributed by atoms with Crippen molar-refractivity contribution in [1.82, 2.24) is 0 Å². The second kappa shape index (κ2) is 8.17. The molecule has 0 bridgehead atoms. The Balaban J connectivity index is 1.35. The molecule has 0 saturated carbocycles. The molecule has 2 aliphatic heterocycles. The standard InChI is InChI=1S/C26H18ClFO4/c1-15-18(10-16-4-2-3-5-23(16)31-15)11-25-26(29)21-9-8-20(13-24(21)32-25)30-14-17-6-7-19(28)12-22(17)27/h2-13,15H,14H2,1H3/b25-11-/t15-/m1/s1. The van der Waals surface area contributed by atoms with Crippen LogP contribution in [0.3, 0.4) is 0 Å². The van der Waals surface area contributed by atoms with E-state index in [1.165, 1.54) is 12.1 Å². The second-order valence-corrected chi connectivity index (χ2v) is 7.97. The monoisotopic (exact) mass is 448 g/mol. The fourth-order valence-corrected chi connectivity index (χ4v) is 3.85. The molecule has 160 valence electrons. The molecule has 6 heteroatoms. The predicted octanol–water partition coefficient (Wildman–Crippen LogP) is 6.38. The highest BCUT2D eigenvalue weighted by Crippen LogP contribution is 2.36. The van der Waals surface area contributed by atoms with Crippen molar-refractivity contribution in [3.05, 3.63) is 106 Å². The van der Waals surface area contributed by atoms with Crippen LogP contribution in [0.25, 0.3) is 6.08 Å². The van der Waals surface area contributed by atoms with Crippen molar-refractivity contribution >= 4 is 23.5 Å². The lowest BCUT2D eigenvalue weighted by Gasteiger charge is -2.22. The Hall–Kier alpha value is -3.57. The van der Waals surface area contributed by atoms with Crippen LogP contribution in [0.4, 0.5) is 4.39 Å². The molecule has 0 aromatic heterocycles. The second-order valence-electron chi connectivity index (χ2n) is 7.56. The van der Waals surface area contributed by atoms with Gasteiger partial charge in [0.25, 0.3) is 0 Å². The fraction of sp³-hybridized carbons (Fsp3) is 0.115. The Morgan fingerprint density at radius 2 is 1.94 bits per heavy atom. The number of allylic oxidation sites excluding steroid dienone is 1. The number of benzene rings is 3. The van der Waals surface area contributed by atoms with Gasteiger partial charge in [-0.25, -0.2) is 4.39 Å². The predicted molar refractivity (Wildman–Crippen MR) is 120 cm³/mol. The molecule has 1 atom stereocenters. The molecule has 0 N–H and O–H groups in total. The van der Waals surface area contributed by atoms with E-state index >= 15 is 0 Å². The number of rotatable bonds is 4. The van der Waals surface area contributed by atoms with Gasteiger partial charge in [0, 0.05) is 17.2 Å². The molecule has 3 aromatic rings. The van der Waals surface area contributed by atoms with Crippen LogP contribution in [0.1, 0.15) is 28.4 Å². The number of halogens is 2. The Morgan fingerprint density at radius 1 is 1.09 bits per heavy atom. The third kappa shape index (κ3) is 3.87. The van der Waals surface area contributed by atoms with E-state index in [1.807, 2.05) is 37.3 Å². The normalized spacial score (nSPS) is 17.8. The highest BCUT2D eigenvalue weighted by molar-refractivity contribution is 6.31. The van der Waals surface area contributed by atoms with E-state index in [4.69, 9.17) is 25.8 Å². The molecule has 3 aromatic carbocycles. The van der Waals surface area contributed by atoms with Gasteiger partial charge in [-0.05, 0) is 55.0 Å². The maximum atomic E-state index is 13.2. The molecule has 4 nitrogen and oxygen atoms in total. The zero-order valence-electron chi connectivity index (χ0n) is 17.1. The first-order valence-corrected chi connectivity index (χ1v) is 10.5. The van der Waals surface area contributed by atoms with Gasteiger partial charge >= 0.3 is 0 Å². The third-order valence-electron chi connectivity index (χ3n) is 5.36. The van der Waals surface area contributed by atoms with Crippen molar-refractivity contribution in [2.24, 2.45) is 0 Å². The number of carbonyl (C=O) groups is 1. The van der Waals surface area contributed by atoms with E-state index in [2.05, 4.69) is 0 Å². The van der Waals surface area contributed by atoms with Crippen LogP contribution in [0.15, 0.2) is 78.1 Å². The molecule has 0 saturated heterocycles. The largest absolute Gasteiger partial charge is 0.489 e. The van der Waals surface area contributed by atoms with Gasteiger partial charge in [0.1, 0.15) is 35.8 Å². The summed E-state index contributed by atoms with van der Waals surface area (Å²) in [6, 6.07) is 16.9. The molecule has 2 heterocycles. The number of hydrogen-bond acceptors (Lipinski definition) is 4. The topological polar surface area (TPSA) is 44.8 Å². The summed E-state index contributed by atoms with van der Waals surface area (Å²) in [5.74, 6) is 1.39. The summed E-state index contributed by atoms with van der Waals surface area (Å²) in [5, 5.41) is 0.293. The van der Waals surface area contributed by atoms with E-state index in [0.717, 1.165) is 16.9 Å². The average molecular weight is 449 g/mol. The van der Waals surface area contributed by atoms with Gasteiger partial charge in [-0.3, -0.25) is 4.79 Å². The molecular formula is C26H18ClFO4. The van der Waals surface area contributed by atoms with Gasteiger partial charge in [-0.15, -0.1) is 0 Å². The van der Waals surface area contributed by atoms with E-state index < -0.39 is 5.82 Å². The fourth-order valence-electron chi connectivity index (χ4n) is 3.63. The van der Waals surface area contributed by atoms with Crippen molar-refractivity contribution in [2.75, 3.05) is 0 Å². The van der Waals surface area contributed by atoms with Crippen LogP contribution in [0, 0.1) is 5.82 Å². The van der Waals surface area contributed by atoms with E-state index in [9.17, 15) is 9.18 Å². The first-order valence-electron chi connectivity index (χ1n) is 10.1. The van der Waals surface area contributed by atoms with Gasteiger partial charge < -0.3 is 14.2 Å². The van der Waals surface area contributed by atoms with Crippen LogP contribution < -0.4 is 14.2 Å². The molecule has 2 aliphatic rings. The van der Waals surface area contributed by atoms with Crippen LogP contribution in [0.2, 0.25) is 5.02 Å². The summed E-state index contributed by atoms with van der Waals surface area (Å²) in [5.41, 5.74) is 2.93. The first-order chi connectivity index (χ1) is 15.5. The quantitative estimate of drug-likeness (QED) is 0.434. The molecule has 0 spiro atoms. The van der Waals surface area contributed by atoms with Gasteiger partial charge in [-0.1, -0.05) is 35.9 Å². The first kappa shape index (κ1) is 20.3. The molecule has 5 rings (SSSR count). The summed E-state index contributed by atoms with van der Waals surface area (Å²) in [6.07, 6.45) is 3.51. The Bertz CT molecular complexity index is 1290. The van der Waals surface area contributed by atoms with Gasteiger partial charge in [0.2, 0.25) is 5.78 Å². The Kier molecular flexibility index (Phi) is 5.19. The SMILES string of the molecule is C[C@H]1Oc2ccccc2C=C1/C=C1\Oc2cc(OCc3ccc(F)cc3Cl)ccc2C1=O. The highest BCUT2D eigenvalue weighted by atomic mass is 35.5. The van der Waals surface area contributed by atoms with Crippen LogP contribution in [-0.4, -0.2) is 11.9 Å². The van der Waals surface area contributed by atoms with Crippen molar-refractivity contribution < 1.29 is 23.4 Å².